The van der Waals surface area contributed by atoms with E-state index in [2.05, 4.69) is 10.6 Å². The van der Waals surface area contributed by atoms with Gasteiger partial charge < -0.3 is 10.4 Å². The summed E-state index contributed by atoms with van der Waals surface area (Å²) in [4.78, 5) is 24.7. The minimum Gasteiger partial charge on any atom is -0.504 e. The fourth-order valence-corrected chi connectivity index (χ4v) is 6.40. The lowest BCUT2D eigenvalue weighted by Crippen LogP contribution is -2.67. The second-order valence-corrected chi connectivity index (χ2v) is 11.8. The number of anilines is 1. The predicted molar refractivity (Wildman–Crippen MR) is 134 cm³/mol. The van der Waals surface area contributed by atoms with Crippen molar-refractivity contribution in [3.8, 4) is 5.75 Å². The number of phenolic OH excluding ortho intramolecular Hbond substituents is 1. The molecule has 3 N–H and O–H groups in total. The average molecular weight is 520 g/mol. The number of carbonyl (C=O) groups is 2. The predicted octanol–water partition coefficient (Wildman–Crippen LogP) is 3.51. The molecule has 0 aliphatic heterocycles. The summed E-state index contributed by atoms with van der Waals surface area (Å²) in [7, 11) is -1.39. The second-order valence-electron chi connectivity index (χ2n) is 9.34. The lowest BCUT2D eigenvalue weighted by Gasteiger charge is -2.40. The van der Waals surface area contributed by atoms with Crippen LogP contribution in [0.2, 0.25) is 5.02 Å². The first-order valence-corrected chi connectivity index (χ1v) is 13.5. The molecule has 0 bridgehead atoms. The van der Waals surface area contributed by atoms with Crippen LogP contribution in [0.3, 0.4) is 0 Å². The molecule has 2 unspecified atom stereocenters. The van der Waals surface area contributed by atoms with Crippen LogP contribution < -0.4 is 10.6 Å². The molecule has 2 aromatic carbocycles. The summed E-state index contributed by atoms with van der Waals surface area (Å²) in [5, 5.41) is 16.9. The number of aromatic hydroxyl groups is 1. The Balaban J connectivity index is 1.61. The van der Waals surface area contributed by atoms with E-state index in [1.54, 1.807) is 0 Å². The lowest BCUT2D eigenvalue weighted by molar-refractivity contribution is -0.146. The van der Waals surface area contributed by atoms with E-state index in [9.17, 15) is 23.1 Å². The molecule has 2 saturated carbocycles. The fraction of sp³-hybridized carbons (Fsp3) is 0.440. The number of sulfonamides is 1. The Labute approximate surface area is 210 Å². The molecule has 10 heteroatoms. The molecule has 0 amide bonds. The second kappa shape index (κ2) is 10.3. The van der Waals surface area contributed by atoms with Crippen LogP contribution in [0.25, 0.3) is 0 Å². The van der Waals surface area contributed by atoms with Crippen LogP contribution in [0, 0.1) is 5.92 Å². The van der Waals surface area contributed by atoms with Crippen molar-refractivity contribution < 1.29 is 23.1 Å². The molecule has 0 saturated heterocycles. The summed E-state index contributed by atoms with van der Waals surface area (Å²) in [5.41, 5.74) is 1.07. The van der Waals surface area contributed by atoms with Gasteiger partial charge in [-0.05, 0) is 36.5 Å². The van der Waals surface area contributed by atoms with Gasteiger partial charge >= 0.3 is 0 Å². The van der Waals surface area contributed by atoms with Crippen LogP contribution in [0.5, 0.6) is 5.75 Å². The molecule has 0 spiro atoms. The standard InChI is InChI=1S/C25H30ClN3O5S/c1-29(2)35(33,34)25-17(26)13-14-18(22(25)30)27-20-21(24(32)23(20)31)28-19(15-9-5-3-6-10-15)16-11-7-4-8-12-16/h3,5-6,9-10,13-14,16,19-21,27-28,30H,4,7-8,11-12H2,1-2H3/t19-,20?,21?/m0/s1. The van der Waals surface area contributed by atoms with Gasteiger partial charge in [0.25, 0.3) is 0 Å². The first kappa shape index (κ1) is 25.6. The Morgan fingerprint density at radius 3 is 2.23 bits per heavy atom. The number of rotatable bonds is 8. The topological polar surface area (TPSA) is 116 Å². The van der Waals surface area contributed by atoms with Crippen molar-refractivity contribution in [2.75, 3.05) is 19.4 Å². The SMILES string of the molecule is CN(C)S(=O)(=O)c1c(Cl)ccc(NC2C(=O)C(=O)C2N[C@@H](c2ccccc2)C2CCCCC2)c1O. The number of carbonyl (C=O) groups excluding carboxylic acids is 2. The smallest absolute Gasteiger partial charge is 0.247 e. The largest absolute Gasteiger partial charge is 0.504 e. The Hall–Kier alpha value is -2.46. The lowest BCUT2D eigenvalue weighted by atomic mass is 9.77. The summed E-state index contributed by atoms with van der Waals surface area (Å²) in [6.45, 7) is 0. The minimum absolute atomic E-state index is 0.0152. The Morgan fingerprint density at radius 1 is 0.971 bits per heavy atom. The molecule has 188 valence electrons. The molecule has 0 heterocycles. The maximum Gasteiger partial charge on any atom is 0.247 e. The number of nitrogens with zero attached hydrogens (tertiary/aromatic N) is 1. The summed E-state index contributed by atoms with van der Waals surface area (Å²) in [6, 6.07) is 10.8. The van der Waals surface area contributed by atoms with E-state index < -0.39 is 44.3 Å². The van der Waals surface area contributed by atoms with E-state index in [1.165, 1.54) is 32.6 Å². The molecule has 8 nitrogen and oxygen atoms in total. The molecule has 2 fully saturated rings. The van der Waals surface area contributed by atoms with Gasteiger partial charge in [-0.15, -0.1) is 0 Å². The van der Waals surface area contributed by atoms with Crippen molar-refractivity contribution in [2.45, 2.75) is 55.1 Å². The third-order valence-electron chi connectivity index (χ3n) is 6.91. The normalized spacial score (nSPS) is 22.2. The van der Waals surface area contributed by atoms with Crippen molar-refractivity contribution in [3.63, 3.8) is 0 Å². The molecule has 35 heavy (non-hydrogen) atoms. The van der Waals surface area contributed by atoms with Gasteiger partial charge in [-0.1, -0.05) is 61.2 Å². The van der Waals surface area contributed by atoms with Gasteiger partial charge in [-0.2, -0.15) is 0 Å². The summed E-state index contributed by atoms with van der Waals surface area (Å²) in [5.74, 6) is -1.42. The third kappa shape index (κ3) is 4.95. The molecule has 3 atom stereocenters. The van der Waals surface area contributed by atoms with Crippen molar-refractivity contribution in [1.29, 1.82) is 0 Å². The minimum atomic E-state index is -4.05. The van der Waals surface area contributed by atoms with Gasteiger partial charge in [-0.25, -0.2) is 12.7 Å². The van der Waals surface area contributed by atoms with Crippen LogP contribution in [0.4, 0.5) is 5.69 Å². The number of benzene rings is 2. The highest BCUT2D eigenvalue weighted by molar-refractivity contribution is 7.89. The molecular formula is C25H30ClN3O5S. The van der Waals surface area contributed by atoms with Crippen molar-refractivity contribution >= 4 is 38.9 Å². The highest BCUT2D eigenvalue weighted by Crippen LogP contribution is 2.40. The maximum absolute atomic E-state index is 12.7. The third-order valence-corrected chi connectivity index (χ3v) is 9.23. The summed E-state index contributed by atoms with van der Waals surface area (Å²) in [6.07, 6.45) is 5.50. The Bertz CT molecular complexity index is 1210. The molecule has 2 aliphatic rings. The van der Waals surface area contributed by atoms with Gasteiger partial charge in [0.15, 0.2) is 5.75 Å². The van der Waals surface area contributed by atoms with E-state index in [4.69, 9.17) is 11.6 Å². The van der Waals surface area contributed by atoms with Crippen LogP contribution in [-0.4, -0.2) is 55.6 Å². The zero-order chi connectivity index (χ0) is 25.3. The van der Waals surface area contributed by atoms with Crippen LogP contribution >= 0.6 is 11.6 Å². The number of phenols is 1. The number of nitrogens with one attached hydrogen (secondary N) is 2. The molecule has 0 aromatic heterocycles. The number of hydrogen-bond donors (Lipinski definition) is 3. The van der Waals surface area contributed by atoms with Gasteiger partial charge in [0.05, 0.1) is 10.7 Å². The van der Waals surface area contributed by atoms with E-state index in [0.717, 1.165) is 35.6 Å². The van der Waals surface area contributed by atoms with Crippen LogP contribution in [0.15, 0.2) is 47.4 Å². The Kier molecular flexibility index (Phi) is 7.51. The number of Topliss-reactive ketones (excluding diaryl/α,β-unsaturated/α-hetero) is 2. The highest BCUT2D eigenvalue weighted by atomic mass is 35.5. The van der Waals surface area contributed by atoms with E-state index in [0.29, 0.717) is 5.92 Å². The molecule has 2 aliphatic carbocycles. The number of halogens is 1. The van der Waals surface area contributed by atoms with E-state index >= 15 is 0 Å². The van der Waals surface area contributed by atoms with E-state index in [1.807, 2.05) is 30.3 Å². The monoisotopic (exact) mass is 519 g/mol. The van der Waals surface area contributed by atoms with Gasteiger partial charge in [-0.3, -0.25) is 14.9 Å². The molecule has 4 rings (SSSR count). The van der Waals surface area contributed by atoms with Crippen LogP contribution in [-0.2, 0) is 19.6 Å². The molecule has 0 radical (unpaired) electrons. The van der Waals surface area contributed by atoms with Crippen molar-refractivity contribution in [3.05, 3.63) is 53.1 Å². The average Bonchev–Trinajstić information content (AvgIpc) is 2.85. The Morgan fingerprint density at radius 2 is 1.60 bits per heavy atom. The van der Waals surface area contributed by atoms with Crippen LogP contribution in [0.1, 0.15) is 43.7 Å². The van der Waals surface area contributed by atoms with Gasteiger partial charge in [0.1, 0.15) is 17.0 Å². The van der Waals surface area contributed by atoms with Gasteiger partial charge in [0.2, 0.25) is 21.6 Å². The highest BCUT2D eigenvalue weighted by Gasteiger charge is 2.51. The maximum atomic E-state index is 12.7. The number of hydrogen-bond acceptors (Lipinski definition) is 7. The zero-order valence-electron chi connectivity index (χ0n) is 19.7. The fourth-order valence-electron chi connectivity index (χ4n) is 4.92. The van der Waals surface area contributed by atoms with Crippen molar-refractivity contribution in [2.24, 2.45) is 5.92 Å². The zero-order valence-corrected chi connectivity index (χ0v) is 21.3. The van der Waals surface area contributed by atoms with Gasteiger partial charge in [0, 0.05) is 20.1 Å². The first-order chi connectivity index (χ1) is 16.6. The van der Waals surface area contributed by atoms with E-state index in [-0.39, 0.29) is 16.8 Å². The quantitative estimate of drug-likeness (QED) is 0.361. The first-order valence-electron chi connectivity index (χ1n) is 11.7. The molecule has 2 aromatic rings. The van der Waals surface area contributed by atoms with Crippen molar-refractivity contribution in [1.82, 2.24) is 9.62 Å². The summed E-state index contributed by atoms with van der Waals surface area (Å²) < 4.78 is 26.3. The number of ketones is 2. The molecular weight excluding hydrogens is 490 g/mol. The summed E-state index contributed by atoms with van der Waals surface area (Å²) >= 11 is 6.09.